The lowest BCUT2D eigenvalue weighted by Gasteiger charge is -2.21. The largest absolute Gasteiger partial charge is 0.488 e. The number of aliphatic hydroxyl groups is 4. The highest BCUT2D eigenvalue weighted by Gasteiger charge is 2.48. The standard InChI is InChI=1S/C19H27N7O20P4.4C12H27N.B/c20-15-10-16(22-5-21-15)26(6-23-10)18-14(31)12(29)7(43-18)3-40-48(34,35)44-47(33)45-50(38,39)46-49(36,37)41-4-8-11(28)13(30)17(42-8)25-2-1-9(27)24-19(25)32;4*1-4-7-10-13(11-8-5-2)12-9-6-3;/h1-2,5-8,11-14,17-18,28-31,33H,3-4H2,(H,34,35)(H,36,37)(H,38,39)(H2,20,21,22)(H,24,27,32);4*4-12H2,1-3H3;/t7-,8-,11-,12-,13-,14-,17-,18-,47?;;;;;/m1...../s1. The van der Waals surface area contributed by atoms with Crippen LogP contribution in [0, 0.1) is 0 Å². The van der Waals surface area contributed by atoms with Gasteiger partial charge in [0.1, 0.15) is 48.5 Å². The van der Waals surface area contributed by atoms with Crippen molar-refractivity contribution in [1.82, 2.24) is 48.7 Å². The minimum Gasteiger partial charge on any atom is -0.387 e. The summed E-state index contributed by atoms with van der Waals surface area (Å²) < 4.78 is 70.8. The molecule has 2 fully saturated rings. The van der Waals surface area contributed by atoms with E-state index in [9.17, 15) is 63.3 Å². The van der Waals surface area contributed by atoms with Crippen molar-refractivity contribution in [3.63, 3.8) is 0 Å². The van der Waals surface area contributed by atoms with Crippen molar-refractivity contribution < 1.29 is 85.1 Å². The van der Waals surface area contributed by atoms with Gasteiger partial charge in [0.05, 0.1) is 19.5 Å². The molecule has 3 aromatic rings. The maximum Gasteiger partial charge on any atom is 0.488 e. The van der Waals surface area contributed by atoms with Crippen LogP contribution in [-0.2, 0) is 45.1 Å². The van der Waals surface area contributed by atoms with E-state index in [0.717, 1.165) is 18.6 Å². The van der Waals surface area contributed by atoms with Crippen molar-refractivity contribution >= 4 is 57.5 Å². The first-order chi connectivity index (χ1) is 48.7. The van der Waals surface area contributed by atoms with Crippen molar-refractivity contribution in [2.75, 3.05) is 97.5 Å². The Morgan fingerprint density at radius 3 is 1.12 bits per heavy atom. The van der Waals surface area contributed by atoms with Gasteiger partial charge >= 0.3 is 37.8 Å². The van der Waals surface area contributed by atoms with Crippen molar-refractivity contribution in [3.05, 3.63) is 45.8 Å². The Bertz CT molecular complexity index is 2690. The van der Waals surface area contributed by atoms with Crippen LogP contribution >= 0.6 is 32.1 Å². The van der Waals surface area contributed by atoms with Gasteiger partial charge in [-0.3, -0.25) is 28.0 Å². The molecule has 0 amide bonds. The van der Waals surface area contributed by atoms with Gasteiger partial charge in [-0.2, -0.15) is 4.31 Å². The van der Waals surface area contributed by atoms with Gasteiger partial charge in [0.15, 0.2) is 23.9 Å². The second-order valence-corrected chi connectivity index (χ2v) is 31.5. The zero-order valence-electron chi connectivity index (χ0n) is 64.2. The molecule has 12 atom stereocenters. The molecular weight excluding hydrogens is 1410 g/mol. The Balaban J connectivity index is 0.00000158. The van der Waals surface area contributed by atoms with Crippen LogP contribution in [0.25, 0.3) is 11.2 Å². The molecule has 36 heteroatoms. The van der Waals surface area contributed by atoms with E-state index in [-0.39, 0.29) is 25.4 Å². The van der Waals surface area contributed by atoms with Crippen LogP contribution in [0.4, 0.5) is 5.82 Å². The van der Waals surface area contributed by atoms with Crippen LogP contribution in [0.3, 0.4) is 0 Å². The van der Waals surface area contributed by atoms with Gasteiger partial charge in [-0.05, 0) is 156 Å². The molecule has 0 aromatic carbocycles. The molecule has 0 aliphatic carbocycles. The first kappa shape index (κ1) is 100. The summed E-state index contributed by atoms with van der Waals surface area (Å²) in [5.41, 5.74) is 4.16. The zero-order chi connectivity index (χ0) is 76.5. The summed E-state index contributed by atoms with van der Waals surface area (Å²) >= 11 is 0. The molecule has 3 radical (unpaired) electrons. The van der Waals surface area contributed by atoms with Crippen molar-refractivity contribution in [1.29, 1.82) is 0 Å². The van der Waals surface area contributed by atoms with E-state index < -0.39 is 106 Å². The molecule has 0 saturated carbocycles. The summed E-state index contributed by atoms with van der Waals surface area (Å²) in [5, 5.41) is 41.3. The van der Waals surface area contributed by atoms with Crippen LogP contribution in [0.1, 0.15) is 250 Å². The highest BCUT2D eigenvalue weighted by molar-refractivity contribution is 7.67. The van der Waals surface area contributed by atoms with E-state index in [4.69, 9.17) is 15.2 Å². The lowest BCUT2D eigenvalue weighted by atomic mass is 10.1. The van der Waals surface area contributed by atoms with Crippen molar-refractivity contribution in [2.45, 2.75) is 286 Å². The molecule has 0 spiro atoms. The number of nitrogen functional groups attached to an aromatic ring is 1. The van der Waals surface area contributed by atoms with Crippen LogP contribution in [0.5, 0.6) is 0 Å². The highest BCUT2D eigenvalue weighted by atomic mass is 31.3. The number of fused-ring (bicyclic) bond motifs is 1. The van der Waals surface area contributed by atoms with E-state index >= 15 is 0 Å². The van der Waals surface area contributed by atoms with Gasteiger partial charge < -0.3 is 74.8 Å². The Labute approximate surface area is 618 Å². The number of phosphoric ester groups is 2. The molecule has 4 unspecified atom stereocenters. The number of nitrogens with zero attached hydrogens (tertiary/aromatic N) is 9. The van der Waals surface area contributed by atoms with Crippen molar-refractivity contribution in [2.24, 2.45) is 0 Å². The first-order valence-electron chi connectivity index (χ1n) is 37.7. The fourth-order valence-corrected chi connectivity index (χ4v) is 14.8. The molecule has 2 aliphatic rings. The summed E-state index contributed by atoms with van der Waals surface area (Å²) in [6.45, 7) is 41.0. The molecule has 3 aromatic heterocycles. The quantitative estimate of drug-likeness (QED) is 0.0185. The van der Waals surface area contributed by atoms with Gasteiger partial charge in [0, 0.05) is 20.7 Å². The SMILES string of the molecule is CCCCN(CCCC)CCCC.CCCCN(CCCC)CCCC.CCCCN(CCCC)CCCC.CCCCN(CCCC)CCCC.Nc1ncnc2c1ncn2[C@@H]1O[C@H](COP(=O)(O)OP(O)OP(=O)(O)OP(=O)(O)OC[C@H]2O[C@@H](n3ccc(=O)[nH]c3=O)[C@H](O)[C@@H]2O)[C@@H](O)[C@H]1O.[B]. The summed E-state index contributed by atoms with van der Waals surface area (Å²) in [6.07, 6.45) is 22.4. The van der Waals surface area contributed by atoms with Crippen LogP contribution in [0.15, 0.2) is 34.5 Å². The van der Waals surface area contributed by atoms with E-state index in [1.165, 1.54) is 244 Å². The van der Waals surface area contributed by atoms with Crippen LogP contribution < -0.4 is 17.0 Å². The van der Waals surface area contributed by atoms with Crippen LogP contribution in [0.2, 0.25) is 0 Å². The summed E-state index contributed by atoms with van der Waals surface area (Å²) in [6, 6.07) is 0.900. The Morgan fingerprint density at radius 2 is 0.796 bits per heavy atom. The number of hydrogen-bond donors (Lipinski definition) is 10. The number of aromatic amines is 1. The zero-order valence-corrected chi connectivity index (χ0v) is 67.8. The number of anilines is 1. The Morgan fingerprint density at radius 1 is 0.485 bits per heavy atom. The number of aromatic nitrogens is 6. The topological polar surface area (TPSA) is 415 Å². The lowest BCUT2D eigenvalue weighted by Crippen LogP contribution is -2.37. The number of H-pyrrole nitrogens is 1. The summed E-state index contributed by atoms with van der Waals surface area (Å²) in [4.78, 5) is 86.8. The molecule has 0 bridgehead atoms. The number of nitrogens with two attached hydrogens (primary N) is 1. The molecule has 103 heavy (non-hydrogen) atoms. The van der Waals surface area contributed by atoms with E-state index in [2.05, 4.69) is 140 Å². The lowest BCUT2D eigenvalue weighted by molar-refractivity contribution is -0.0542. The van der Waals surface area contributed by atoms with Crippen molar-refractivity contribution in [3.8, 4) is 0 Å². The molecular formula is C67H135BN11O20P4. The molecule has 31 nitrogen and oxygen atoms in total. The highest BCUT2D eigenvalue weighted by Crippen LogP contribution is 2.68. The van der Waals surface area contributed by atoms with E-state index in [1.54, 1.807) is 0 Å². The maximum atomic E-state index is 12.3. The van der Waals surface area contributed by atoms with Gasteiger partial charge in [0.25, 0.3) is 5.56 Å². The predicted molar refractivity (Wildman–Crippen MR) is 407 cm³/mol. The van der Waals surface area contributed by atoms with E-state index in [1.807, 2.05) is 4.98 Å². The molecule has 2 aliphatic heterocycles. The third kappa shape index (κ3) is 42.3. The average molecular weight is 1550 g/mol. The molecule has 11 N–H and O–H groups in total. The number of phosphoric acid groups is 3. The van der Waals surface area contributed by atoms with Crippen LogP contribution in [-0.4, -0.2) is 225 Å². The number of imidazole rings is 1. The maximum absolute atomic E-state index is 12.3. The fourth-order valence-electron chi connectivity index (χ4n) is 10.5. The van der Waals surface area contributed by atoms with Gasteiger partial charge in [0.2, 0.25) is 0 Å². The number of hydrogen-bond acceptors (Lipinski definition) is 25. The summed E-state index contributed by atoms with van der Waals surface area (Å²) in [5.74, 6) is 0.00689. The second-order valence-electron chi connectivity index (χ2n) is 25.8. The molecule has 2 saturated heterocycles. The minimum absolute atomic E-state index is 0. The number of unbranched alkanes of at least 4 members (excludes halogenated alkanes) is 12. The number of rotatable bonds is 50. The van der Waals surface area contributed by atoms with Gasteiger partial charge in [-0.15, -0.1) is 0 Å². The average Bonchev–Trinajstić information content (AvgIpc) is 1.63. The van der Waals surface area contributed by atoms with Gasteiger partial charge in [-0.25, -0.2) is 42.1 Å². The third-order valence-corrected chi connectivity index (χ3v) is 22.1. The monoisotopic (exact) mass is 1550 g/mol. The Hall–Kier alpha value is -2.55. The summed E-state index contributed by atoms with van der Waals surface area (Å²) in [7, 11) is -20.8. The Kier molecular flexibility index (Phi) is 57.0. The minimum atomic E-state index is -5.86. The molecule has 601 valence electrons. The number of aliphatic hydroxyl groups excluding tert-OH is 4. The normalized spacial score (nSPS) is 20.8. The predicted octanol–water partition coefficient (Wildman–Crippen LogP) is 11.2. The van der Waals surface area contributed by atoms with E-state index in [0.29, 0.717) is 4.57 Å². The number of nitrogens with one attached hydrogen (secondary N) is 1. The number of ether oxygens (including phenoxy) is 2. The molecule has 5 heterocycles. The van der Waals surface area contributed by atoms with Gasteiger partial charge in [-0.1, -0.05) is 160 Å². The third-order valence-electron chi connectivity index (χ3n) is 16.8. The fraction of sp³-hybridized carbons (Fsp3) is 0.866. The first-order valence-corrected chi connectivity index (χ1v) is 43.3. The second kappa shape index (κ2) is 58.4. The smallest absolute Gasteiger partial charge is 0.387 e. The molecule has 5 rings (SSSR count).